The number of nitrogens with zero attached hydrogens (tertiary/aromatic N) is 1. The van der Waals surface area contributed by atoms with Gasteiger partial charge in [0.25, 0.3) is 0 Å². The second-order valence-corrected chi connectivity index (χ2v) is 12.2. The predicted octanol–water partition coefficient (Wildman–Crippen LogP) is 9.95. The number of rotatable bonds is 7. The second kappa shape index (κ2) is 11.2. The van der Waals surface area contributed by atoms with E-state index in [0.717, 1.165) is 24.0 Å². The average molecular weight is 564 g/mol. The molecule has 1 aromatic heterocycles. The van der Waals surface area contributed by atoms with Gasteiger partial charge in [-0.3, -0.25) is 0 Å². The third-order valence-electron chi connectivity index (χ3n) is 6.51. The molecule has 0 spiro atoms. The van der Waals surface area contributed by atoms with E-state index in [1.54, 1.807) is 23.5 Å². The fourth-order valence-corrected chi connectivity index (χ4v) is 6.44. The van der Waals surface area contributed by atoms with Crippen molar-refractivity contribution in [2.24, 2.45) is 0 Å². The highest BCUT2D eigenvalue weighted by Crippen LogP contribution is 2.31. The molecule has 0 saturated carbocycles. The molecule has 0 N–H and O–H groups in total. The van der Waals surface area contributed by atoms with Gasteiger partial charge in [0, 0.05) is 39.1 Å². The zero-order valence-corrected chi connectivity index (χ0v) is 24.0. The van der Waals surface area contributed by atoms with E-state index in [0.29, 0.717) is 20.1 Å². The molecule has 0 amide bonds. The summed E-state index contributed by atoms with van der Waals surface area (Å²) in [5, 5.41) is 2.68. The van der Waals surface area contributed by atoms with Crippen LogP contribution < -0.4 is 4.57 Å². The Morgan fingerprint density at radius 3 is 1.46 bits per heavy atom. The van der Waals surface area contributed by atoms with Crippen LogP contribution in [-0.4, -0.2) is 0 Å². The maximum absolute atomic E-state index is 6.27. The zero-order valence-electron chi connectivity index (χ0n) is 20.2. The Morgan fingerprint density at radius 1 is 0.657 bits per heavy atom. The van der Waals surface area contributed by atoms with Gasteiger partial charge in [0.1, 0.15) is 0 Å². The molecule has 0 aliphatic heterocycles. The molecule has 2 atom stereocenters. The summed E-state index contributed by atoms with van der Waals surface area (Å²) < 4.78 is 2.29. The summed E-state index contributed by atoms with van der Waals surface area (Å²) in [6, 6.07) is 18.5. The van der Waals surface area contributed by atoms with Crippen LogP contribution in [0.3, 0.4) is 0 Å². The summed E-state index contributed by atoms with van der Waals surface area (Å²) in [6.45, 7) is 8.86. The first kappa shape index (κ1) is 26.5. The number of hydrogen-bond acceptors (Lipinski definition) is 1. The molecule has 2 unspecified atom stereocenters. The van der Waals surface area contributed by atoms with Crippen LogP contribution in [0.25, 0.3) is 5.69 Å². The molecule has 0 aliphatic carbocycles. The van der Waals surface area contributed by atoms with Crippen molar-refractivity contribution in [3.63, 3.8) is 0 Å². The third kappa shape index (κ3) is 6.61. The van der Waals surface area contributed by atoms with Crippen molar-refractivity contribution in [3.8, 4) is 5.69 Å². The number of aromatic nitrogens is 1. The quantitative estimate of drug-likeness (QED) is 0.197. The van der Waals surface area contributed by atoms with Gasteiger partial charge >= 0.3 is 0 Å². The smallest absolute Gasteiger partial charge is 0.154 e. The van der Waals surface area contributed by atoms with Gasteiger partial charge in [-0.2, -0.15) is 4.57 Å². The summed E-state index contributed by atoms with van der Waals surface area (Å²) in [7, 11) is 0. The number of hydrogen-bond donors (Lipinski definition) is 0. The molecule has 6 heteroatoms. The summed E-state index contributed by atoms with van der Waals surface area (Å²) >= 11 is 26.8. The van der Waals surface area contributed by atoms with Gasteiger partial charge in [-0.1, -0.05) is 77.7 Å². The van der Waals surface area contributed by atoms with Gasteiger partial charge in [-0.15, -0.1) is 0 Å². The van der Waals surface area contributed by atoms with Gasteiger partial charge in [0.2, 0.25) is 11.2 Å². The standard InChI is InChI=1S/C29H28Cl4NS/c1-17(5-21-7-25(30)14-26(31)8-21)23-11-24(13-29(12-23)34-16-35-20(4)19(34)3)18(2)6-22-9-27(32)15-28(33)10-22/h7-18H,5-6H2,1-4H3/q+1. The van der Waals surface area contributed by atoms with Gasteiger partial charge in [0.05, 0.1) is 4.88 Å². The molecule has 182 valence electrons. The lowest BCUT2D eigenvalue weighted by atomic mass is 9.87. The summed E-state index contributed by atoms with van der Waals surface area (Å²) in [5.41, 5.74) is 9.50. The molecule has 0 bridgehead atoms. The molecule has 0 radical (unpaired) electrons. The molecule has 3 aromatic carbocycles. The highest BCUT2D eigenvalue weighted by Gasteiger charge is 2.21. The lowest BCUT2D eigenvalue weighted by Gasteiger charge is -2.18. The summed E-state index contributed by atoms with van der Waals surface area (Å²) in [4.78, 5) is 1.32. The first-order valence-electron chi connectivity index (χ1n) is 11.6. The van der Waals surface area contributed by atoms with Gasteiger partial charge in [0.15, 0.2) is 5.69 Å². The molecular weight excluding hydrogens is 536 g/mol. The number of thiazole rings is 1. The Balaban J connectivity index is 1.72. The largest absolute Gasteiger partial charge is 0.231 e. The van der Waals surface area contributed by atoms with Crippen LogP contribution in [0.2, 0.25) is 20.1 Å². The maximum atomic E-state index is 6.27. The first-order chi connectivity index (χ1) is 16.6. The van der Waals surface area contributed by atoms with E-state index in [9.17, 15) is 0 Å². The Hall–Kier alpha value is -1.55. The van der Waals surface area contributed by atoms with Crippen LogP contribution in [0.5, 0.6) is 0 Å². The van der Waals surface area contributed by atoms with E-state index in [4.69, 9.17) is 46.4 Å². The predicted molar refractivity (Wildman–Crippen MR) is 152 cm³/mol. The van der Waals surface area contributed by atoms with Crippen LogP contribution in [0, 0.1) is 13.8 Å². The SMILES string of the molecule is Cc1sc[n+](-c2cc(C(C)Cc3cc(Cl)cc(Cl)c3)cc(C(C)Cc3cc(Cl)cc(Cl)c3)c2)c1C. The lowest BCUT2D eigenvalue weighted by Crippen LogP contribution is -2.31. The average Bonchev–Trinajstić information content (AvgIpc) is 3.10. The van der Waals surface area contributed by atoms with Crippen molar-refractivity contribution < 1.29 is 4.57 Å². The van der Waals surface area contributed by atoms with Crippen LogP contribution in [0.15, 0.2) is 60.1 Å². The topological polar surface area (TPSA) is 3.88 Å². The molecule has 1 nitrogen and oxygen atoms in total. The Labute approximate surface area is 232 Å². The molecule has 4 rings (SSSR count). The maximum Gasteiger partial charge on any atom is 0.231 e. The second-order valence-electron chi connectivity index (χ2n) is 9.36. The zero-order chi connectivity index (χ0) is 25.3. The van der Waals surface area contributed by atoms with E-state index in [1.165, 1.54) is 27.4 Å². The molecule has 1 heterocycles. The molecule has 0 fully saturated rings. The van der Waals surface area contributed by atoms with Crippen molar-refractivity contribution in [1.29, 1.82) is 0 Å². The molecule has 0 aliphatic rings. The van der Waals surface area contributed by atoms with Crippen LogP contribution in [0.4, 0.5) is 0 Å². The fraction of sp³-hybridized carbons (Fsp3) is 0.276. The van der Waals surface area contributed by atoms with E-state index in [-0.39, 0.29) is 11.8 Å². The van der Waals surface area contributed by atoms with Crippen molar-refractivity contribution in [1.82, 2.24) is 0 Å². The van der Waals surface area contributed by atoms with E-state index >= 15 is 0 Å². The summed E-state index contributed by atoms with van der Waals surface area (Å²) in [6.07, 6.45) is 1.71. The highest BCUT2D eigenvalue weighted by atomic mass is 35.5. The van der Waals surface area contributed by atoms with E-state index < -0.39 is 0 Å². The van der Waals surface area contributed by atoms with Gasteiger partial charge in [-0.25, -0.2) is 0 Å². The Bertz CT molecular complexity index is 1240. The number of halogens is 4. The number of aryl methyl sites for hydroxylation is 1. The Morgan fingerprint density at radius 2 is 1.09 bits per heavy atom. The Kier molecular flexibility index (Phi) is 8.51. The van der Waals surface area contributed by atoms with Crippen molar-refractivity contribution >= 4 is 57.7 Å². The van der Waals surface area contributed by atoms with E-state index in [1.807, 2.05) is 24.3 Å². The van der Waals surface area contributed by atoms with E-state index in [2.05, 4.69) is 56.0 Å². The highest BCUT2D eigenvalue weighted by molar-refractivity contribution is 7.09. The third-order valence-corrected chi connectivity index (χ3v) is 8.35. The van der Waals surface area contributed by atoms with Crippen molar-refractivity contribution in [2.75, 3.05) is 0 Å². The first-order valence-corrected chi connectivity index (χ1v) is 14.0. The molecule has 0 saturated heterocycles. The van der Waals surface area contributed by atoms with Crippen molar-refractivity contribution in [2.45, 2.75) is 52.4 Å². The monoisotopic (exact) mass is 562 g/mol. The van der Waals surface area contributed by atoms with Crippen LogP contribution in [-0.2, 0) is 12.8 Å². The minimum atomic E-state index is 0.289. The number of benzene rings is 3. The fourth-order valence-electron chi connectivity index (χ4n) is 4.49. The molecular formula is C29H28Cl4NS+. The van der Waals surface area contributed by atoms with Crippen LogP contribution in [0.1, 0.15) is 58.5 Å². The van der Waals surface area contributed by atoms with Gasteiger partial charge < -0.3 is 0 Å². The summed E-state index contributed by atoms with van der Waals surface area (Å²) in [5.74, 6) is 0.577. The molecule has 35 heavy (non-hydrogen) atoms. The molecule has 4 aromatic rings. The minimum Gasteiger partial charge on any atom is -0.154 e. The van der Waals surface area contributed by atoms with Crippen LogP contribution >= 0.6 is 57.7 Å². The minimum absolute atomic E-state index is 0.289. The van der Waals surface area contributed by atoms with Gasteiger partial charge in [-0.05, 0) is 90.3 Å². The van der Waals surface area contributed by atoms with Crippen molar-refractivity contribution in [3.05, 3.63) is 113 Å². The lowest BCUT2D eigenvalue weighted by molar-refractivity contribution is -0.597. The normalized spacial score (nSPS) is 13.1.